The van der Waals surface area contributed by atoms with Gasteiger partial charge in [0.1, 0.15) is 0 Å². The zero-order valence-electron chi connectivity index (χ0n) is 20.5. The van der Waals surface area contributed by atoms with Gasteiger partial charge in [0.05, 0.1) is 17.2 Å². The first-order valence-corrected chi connectivity index (χ1v) is 12.3. The number of ketones is 1. The molecular formula is C28H34N4O. The second kappa shape index (κ2) is 7.97. The number of Topliss-reactive ketones (excluding diaryl/α,β-unsaturated/α-hetero) is 1. The van der Waals surface area contributed by atoms with Crippen LogP contribution in [0.3, 0.4) is 0 Å². The number of rotatable bonds is 3. The van der Waals surface area contributed by atoms with E-state index in [0.29, 0.717) is 17.6 Å². The van der Waals surface area contributed by atoms with Gasteiger partial charge in [-0.2, -0.15) is 5.26 Å². The van der Waals surface area contributed by atoms with E-state index in [1.165, 1.54) is 11.1 Å². The summed E-state index contributed by atoms with van der Waals surface area (Å²) in [6, 6.07) is 8.76. The lowest BCUT2D eigenvalue weighted by Gasteiger charge is -2.45. The Morgan fingerprint density at radius 3 is 2.58 bits per heavy atom. The van der Waals surface area contributed by atoms with Crippen molar-refractivity contribution in [3.8, 4) is 6.07 Å². The van der Waals surface area contributed by atoms with Crippen molar-refractivity contribution >= 4 is 16.7 Å². The normalized spacial score (nSPS) is 23.5. The fourth-order valence-electron chi connectivity index (χ4n) is 6.12. The zero-order valence-corrected chi connectivity index (χ0v) is 20.5. The number of nitrogens with one attached hydrogen (secondary N) is 1. The van der Waals surface area contributed by atoms with Crippen LogP contribution in [-0.4, -0.2) is 58.8 Å². The predicted octanol–water partition coefficient (Wildman–Crippen LogP) is 4.94. The fourth-order valence-corrected chi connectivity index (χ4v) is 6.12. The Balaban J connectivity index is 1.54. The molecule has 1 aliphatic heterocycles. The van der Waals surface area contributed by atoms with E-state index in [1.807, 2.05) is 18.2 Å². The number of aromatic amines is 1. The van der Waals surface area contributed by atoms with Gasteiger partial charge in [0.15, 0.2) is 5.78 Å². The Kier molecular flexibility index (Phi) is 5.34. The number of aromatic nitrogens is 1. The van der Waals surface area contributed by atoms with Crippen LogP contribution in [0.15, 0.2) is 41.0 Å². The molecule has 3 aliphatic rings. The molecule has 2 aromatic rings. The highest BCUT2D eigenvalue weighted by Gasteiger charge is 2.44. The highest BCUT2D eigenvalue weighted by atomic mass is 16.1. The van der Waals surface area contributed by atoms with Gasteiger partial charge in [-0.3, -0.25) is 14.6 Å². The molecule has 172 valence electrons. The maximum Gasteiger partial charge on any atom is 0.195 e. The molecule has 1 aromatic carbocycles. The molecule has 0 radical (unpaired) electrons. The first-order valence-electron chi connectivity index (χ1n) is 12.3. The van der Waals surface area contributed by atoms with E-state index in [-0.39, 0.29) is 11.2 Å². The summed E-state index contributed by atoms with van der Waals surface area (Å²) >= 11 is 0. The first-order chi connectivity index (χ1) is 15.8. The SMILES string of the molecule is CCC1=CC2=C(CC1N1CCN(C(C)C)CC1)C(C)(C)c1[nH]c3cc(C#N)ccc3c1C2=O. The van der Waals surface area contributed by atoms with E-state index in [1.54, 1.807) is 0 Å². The van der Waals surface area contributed by atoms with Crippen LogP contribution in [0.2, 0.25) is 0 Å². The van der Waals surface area contributed by atoms with Crippen LogP contribution < -0.4 is 0 Å². The van der Waals surface area contributed by atoms with Crippen molar-refractivity contribution in [2.45, 2.75) is 65.0 Å². The summed E-state index contributed by atoms with van der Waals surface area (Å²) in [6.45, 7) is 15.6. The molecule has 5 heteroatoms. The lowest BCUT2D eigenvalue weighted by Crippen LogP contribution is -2.53. The molecule has 1 aromatic heterocycles. The van der Waals surface area contributed by atoms with Crippen LogP contribution >= 0.6 is 0 Å². The number of carbonyl (C=O) groups is 1. The molecule has 5 rings (SSSR count). The molecule has 0 spiro atoms. The minimum Gasteiger partial charge on any atom is -0.357 e. The van der Waals surface area contributed by atoms with Gasteiger partial charge in [-0.1, -0.05) is 38.5 Å². The van der Waals surface area contributed by atoms with Crippen molar-refractivity contribution in [1.82, 2.24) is 14.8 Å². The van der Waals surface area contributed by atoms with Gasteiger partial charge in [-0.15, -0.1) is 0 Å². The van der Waals surface area contributed by atoms with Gasteiger partial charge in [0.2, 0.25) is 0 Å². The smallest absolute Gasteiger partial charge is 0.195 e. The van der Waals surface area contributed by atoms with Crippen molar-refractivity contribution < 1.29 is 4.79 Å². The fraction of sp³-hybridized carbons (Fsp3) is 0.500. The van der Waals surface area contributed by atoms with Crippen LogP contribution in [0.25, 0.3) is 10.9 Å². The number of nitriles is 1. The Labute approximate surface area is 196 Å². The second-order valence-corrected chi connectivity index (χ2v) is 10.6. The van der Waals surface area contributed by atoms with Crippen molar-refractivity contribution in [1.29, 1.82) is 5.26 Å². The molecule has 0 amide bonds. The van der Waals surface area contributed by atoms with Crippen LogP contribution in [-0.2, 0) is 5.41 Å². The molecule has 1 atom stereocenters. The van der Waals surface area contributed by atoms with E-state index >= 15 is 0 Å². The topological polar surface area (TPSA) is 63.1 Å². The maximum atomic E-state index is 13.8. The molecule has 1 unspecified atom stereocenters. The first kappa shape index (κ1) is 22.1. The summed E-state index contributed by atoms with van der Waals surface area (Å²) in [4.78, 5) is 22.6. The van der Waals surface area contributed by atoms with Gasteiger partial charge in [0, 0.05) is 65.8 Å². The molecule has 0 saturated carbocycles. The Morgan fingerprint density at radius 2 is 1.94 bits per heavy atom. The molecule has 1 fully saturated rings. The zero-order chi connectivity index (χ0) is 23.5. The van der Waals surface area contributed by atoms with Gasteiger partial charge in [-0.05, 0) is 44.4 Å². The summed E-state index contributed by atoms with van der Waals surface area (Å²) < 4.78 is 0. The van der Waals surface area contributed by atoms with Crippen LogP contribution in [0.4, 0.5) is 0 Å². The Bertz CT molecular complexity index is 1230. The largest absolute Gasteiger partial charge is 0.357 e. The Hall–Kier alpha value is -2.68. The number of carbonyl (C=O) groups excluding carboxylic acids is 1. The minimum atomic E-state index is -0.266. The number of benzene rings is 1. The Morgan fingerprint density at radius 1 is 1.21 bits per heavy atom. The summed E-state index contributed by atoms with van der Waals surface area (Å²) in [5, 5.41) is 10.2. The highest BCUT2D eigenvalue weighted by Crippen LogP contribution is 2.48. The van der Waals surface area contributed by atoms with Crippen molar-refractivity contribution in [3.05, 3.63) is 57.8 Å². The third-order valence-corrected chi connectivity index (χ3v) is 8.19. The third kappa shape index (κ3) is 3.39. The number of hydrogen-bond donors (Lipinski definition) is 1. The number of hydrogen-bond acceptors (Lipinski definition) is 4. The number of allylic oxidation sites excluding steroid dienone is 2. The van der Waals surface area contributed by atoms with Crippen molar-refractivity contribution in [3.63, 3.8) is 0 Å². The summed E-state index contributed by atoms with van der Waals surface area (Å²) in [6.07, 6.45) is 4.09. The second-order valence-electron chi connectivity index (χ2n) is 10.6. The lowest BCUT2D eigenvalue weighted by molar-refractivity contribution is 0.0851. The monoisotopic (exact) mass is 442 g/mol. The van der Waals surface area contributed by atoms with Crippen LogP contribution in [0.1, 0.15) is 69.1 Å². The third-order valence-electron chi connectivity index (χ3n) is 8.19. The standard InChI is InChI=1S/C28H34N4O/c1-6-19-14-21-22(15-24(19)32-11-9-31(10-12-32)17(2)3)28(4,5)27-25(26(21)33)20-8-7-18(16-29)13-23(20)30-27/h7-8,13-14,17,24,30H,6,9-12,15H2,1-5H3. The molecule has 33 heavy (non-hydrogen) atoms. The number of piperazine rings is 1. The van der Waals surface area contributed by atoms with Gasteiger partial charge < -0.3 is 4.98 Å². The quantitative estimate of drug-likeness (QED) is 0.731. The molecule has 2 aliphatic carbocycles. The molecular weight excluding hydrogens is 408 g/mol. The van der Waals surface area contributed by atoms with Crippen molar-refractivity contribution in [2.24, 2.45) is 0 Å². The molecule has 5 nitrogen and oxygen atoms in total. The average molecular weight is 443 g/mol. The molecule has 0 bridgehead atoms. The molecule has 2 heterocycles. The maximum absolute atomic E-state index is 13.8. The highest BCUT2D eigenvalue weighted by molar-refractivity contribution is 6.20. The van der Waals surface area contributed by atoms with E-state index in [0.717, 1.165) is 66.8 Å². The minimum absolute atomic E-state index is 0.129. The number of nitrogens with zero attached hydrogens (tertiary/aromatic N) is 3. The van der Waals surface area contributed by atoms with E-state index in [9.17, 15) is 10.1 Å². The number of fused-ring (bicyclic) bond motifs is 3. The predicted molar refractivity (Wildman–Crippen MR) is 132 cm³/mol. The summed E-state index contributed by atoms with van der Waals surface area (Å²) in [5.74, 6) is 0.129. The van der Waals surface area contributed by atoms with Gasteiger partial charge in [-0.25, -0.2) is 0 Å². The molecule has 1 N–H and O–H groups in total. The molecule has 1 saturated heterocycles. The van der Waals surface area contributed by atoms with Gasteiger partial charge >= 0.3 is 0 Å². The van der Waals surface area contributed by atoms with E-state index < -0.39 is 0 Å². The van der Waals surface area contributed by atoms with Crippen LogP contribution in [0.5, 0.6) is 0 Å². The lowest BCUT2D eigenvalue weighted by atomic mass is 9.66. The van der Waals surface area contributed by atoms with E-state index in [2.05, 4.69) is 61.5 Å². The van der Waals surface area contributed by atoms with Crippen LogP contribution in [0, 0.1) is 11.3 Å². The summed E-state index contributed by atoms with van der Waals surface area (Å²) in [7, 11) is 0. The van der Waals surface area contributed by atoms with Gasteiger partial charge in [0.25, 0.3) is 0 Å². The number of H-pyrrole nitrogens is 1. The average Bonchev–Trinajstić information content (AvgIpc) is 3.22. The van der Waals surface area contributed by atoms with E-state index in [4.69, 9.17) is 0 Å². The van der Waals surface area contributed by atoms with Crippen molar-refractivity contribution in [2.75, 3.05) is 26.2 Å². The summed E-state index contributed by atoms with van der Waals surface area (Å²) in [5.41, 5.74) is 6.53.